The number of hydrogen-bond donors (Lipinski definition) is 1. The largest absolute Gasteiger partial charge is 0.394 e. The number of rotatable bonds is 4. The average molecular weight is 230 g/mol. The van der Waals surface area contributed by atoms with Crippen molar-refractivity contribution in [2.24, 2.45) is 0 Å². The van der Waals surface area contributed by atoms with E-state index in [2.05, 4.69) is 0 Å². The van der Waals surface area contributed by atoms with Gasteiger partial charge in [0.25, 0.3) is 5.56 Å². The van der Waals surface area contributed by atoms with Crippen LogP contribution in [0.1, 0.15) is 6.42 Å². The lowest BCUT2D eigenvalue weighted by Gasteiger charge is -2.05. The fourth-order valence-electron chi connectivity index (χ4n) is 1.23. The maximum atomic E-state index is 11.4. The molecule has 0 aromatic carbocycles. The fraction of sp³-hybridized carbons (Fsp3) is 0.444. The number of anilines is 1. The first-order valence-electron chi connectivity index (χ1n) is 4.53. The molecular formula is C9H14N2O3S. The predicted molar refractivity (Wildman–Crippen MR) is 59.4 cm³/mol. The molecule has 2 N–H and O–H groups in total. The first-order chi connectivity index (χ1) is 6.90. The first-order valence-corrected chi connectivity index (χ1v) is 6.59. The van der Waals surface area contributed by atoms with Crippen LogP contribution in [0.4, 0.5) is 5.69 Å². The van der Waals surface area contributed by atoms with Crippen molar-refractivity contribution in [3.63, 3.8) is 0 Å². The van der Waals surface area contributed by atoms with E-state index in [0.717, 1.165) is 0 Å². The summed E-state index contributed by atoms with van der Waals surface area (Å²) in [5.41, 5.74) is 5.33. The molecule has 84 valence electrons. The number of nitrogen functional groups attached to an aromatic ring is 1. The second kappa shape index (κ2) is 4.48. The van der Waals surface area contributed by atoms with Gasteiger partial charge in [-0.3, -0.25) is 4.79 Å². The van der Waals surface area contributed by atoms with Gasteiger partial charge in [-0.05, 0) is 18.6 Å². The highest BCUT2D eigenvalue weighted by molar-refractivity contribution is 7.90. The minimum absolute atomic E-state index is 0.0776. The number of pyridine rings is 1. The third-order valence-corrected chi connectivity index (χ3v) is 2.99. The molecule has 0 aliphatic carbocycles. The molecule has 0 saturated heterocycles. The van der Waals surface area contributed by atoms with Crippen molar-refractivity contribution in [3.05, 3.63) is 28.7 Å². The average Bonchev–Trinajstić information content (AvgIpc) is 2.10. The number of sulfone groups is 1. The third-order valence-electron chi connectivity index (χ3n) is 1.96. The Bertz CT molecular complexity index is 490. The van der Waals surface area contributed by atoms with Crippen molar-refractivity contribution in [2.75, 3.05) is 17.7 Å². The Hall–Kier alpha value is -1.30. The number of hydrogen-bond acceptors (Lipinski definition) is 4. The van der Waals surface area contributed by atoms with Crippen molar-refractivity contribution in [1.29, 1.82) is 0 Å². The molecule has 6 heteroatoms. The number of aryl methyl sites for hydroxylation is 1. The maximum Gasteiger partial charge on any atom is 0.273 e. The van der Waals surface area contributed by atoms with Gasteiger partial charge in [0.2, 0.25) is 0 Å². The molecular weight excluding hydrogens is 216 g/mol. The molecule has 0 aliphatic heterocycles. The molecule has 0 spiro atoms. The highest BCUT2D eigenvalue weighted by Gasteiger charge is 2.03. The molecule has 0 atom stereocenters. The summed E-state index contributed by atoms with van der Waals surface area (Å²) in [5, 5.41) is 0. The number of nitrogens with two attached hydrogens (primary N) is 1. The predicted octanol–water partition coefficient (Wildman–Crippen LogP) is -0.135. The summed E-state index contributed by atoms with van der Waals surface area (Å²) in [6.07, 6.45) is 3.19. The standard InChI is InChI=1S/C9H14N2O3S/c1-15(13,14)7-3-6-11-5-2-4-8(10)9(11)12/h2,4-5H,3,6-7,10H2,1H3. The van der Waals surface area contributed by atoms with E-state index < -0.39 is 9.84 Å². The minimum Gasteiger partial charge on any atom is -0.394 e. The number of nitrogens with zero attached hydrogens (tertiary/aromatic N) is 1. The summed E-state index contributed by atoms with van der Waals surface area (Å²) >= 11 is 0. The van der Waals surface area contributed by atoms with Gasteiger partial charge in [-0.25, -0.2) is 8.42 Å². The Labute approximate surface area is 88.4 Å². The fourth-order valence-corrected chi connectivity index (χ4v) is 1.88. The molecule has 1 heterocycles. The van der Waals surface area contributed by atoms with Gasteiger partial charge in [0.05, 0.1) is 11.4 Å². The lowest BCUT2D eigenvalue weighted by Crippen LogP contribution is -2.22. The molecule has 0 aliphatic rings. The van der Waals surface area contributed by atoms with Gasteiger partial charge in [-0.1, -0.05) is 0 Å². The number of aromatic nitrogens is 1. The Balaban J connectivity index is 2.67. The highest BCUT2D eigenvalue weighted by Crippen LogP contribution is 1.95. The van der Waals surface area contributed by atoms with Gasteiger partial charge < -0.3 is 10.3 Å². The molecule has 0 fully saturated rings. The molecule has 5 nitrogen and oxygen atoms in total. The van der Waals surface area contributed by atoms with Gasteiger partial charge in [0.1, 0.15) is 9.84 Å². The quantitative estimate of drug-likeness (QED) is 0.780. The Kier molecular flexibility index (Phi) is 3.52. The Morgan fingerprint density at radius 2 is 2.13 bits per heavy atom. The normalized spacial score (nSPS) is 11.5. The molecule has 1 aromatic heterocycles. The van der Waals surface area contributed by atoms with Crippen LogP contribution in [0.15, 0.2) is 23.1 Å². The molecule has 1 aromatic rings. The Morgan fingerprint density at radius 3 is 2.73 bits per heavy atom. The van der Waals surface area contributed by atoms with Crippen LogP contribution < -0.4 is 11.3 Å². The smallest absolute Gasteiger partial charge is 0.273 e. The lowest BCUT2D eigenvalue weighted by atomic mass is 10.4. The monoisotopic (exact) mass is 230 g/mol. The van der Waals surface area contributed by atoms with Crippen molar-refractivity contribution in [3.8, 4) is 0 Å². The van der Waals surface area contributed by atoms with Crippen molar-refractivity contribution in [2.45, 2.75) is 13.0 Å². The van der Waals surface area contributed by atoms with E-state index in [9.17, 15) is 13.2 Å². The minimum atomic E-state index is -2.96. The molecule has 1 rings (SSSR count). The van der Waals surface area contributed by atoms with Gasteiger partial charge in [-0.15, -0.1) is 0 Å². The summed E-state index contributed by atoms with van der Waals surface area (Å²) in [6, 6.07) is 3.19. The maximum absolute atomic E-state index is 11.4. The summed E-state index contributed by atoms with van der Waals surface area (Å²) in [5.74, 6) is 0.0776. The van der Waals surface area contributed by atoms with Gasteiger partial charge in [0, 0.05) is 19.0 Å². The lowest BCUT2D eigenvalue weighted by molar-refractivity contribution is 0.589. The van der Waals surface area contributed by atoms with Gasteiger partial charge in [0.15, 0.2) is 0 Å². The molecule has 0 saturated carbocycles. The van der Waals surface area contributed by atoms with Crippen molar-refractivity contribution in [1.82, 2.24) is 4.57 Å². The topological polar surface area (TPSA) is 82.2 Å². The molecule has 0 bridgehead atoms. The van der Waals surface area contributed by atoms with E-state index in [0.29, 0.717) is 13.0 Å². The van der Waals surface area contributed by atoms with E-state index in [-0.39, 0.29) is 17.0 Å². The first kappa shape index (κ1) is 11.8. The van der Waals surface area contributed by atoms with Gasteiger partial charge >= 0.3 is 0 Å². The van der Waals surface area contributed by atoms with Crippen LogP contribution in [-0.2, 0) is 16.4 Å². The molecule has 15 heavy (non-hydrogen) atoms. The van der Waals surface area contributed by atoms with Crippen molar-refractivity contribution < 1.29 is 8.42 Å². The van der Waals surface area contributed by atoms with E-state index in [4.69, 9.17) is 5.73 Å². The van der Waals surface area contributed by atoms with Crippen LogP contribution in [0.25, 0.3) is 0 Å². The second-order valence-electron chi connectivity index (χ2n) is 3.45. The van der Waals surface area contributed by atoms with E-state index >= 15 is 0 Å². The zero-order valence-corrected chi connectivity index (χ0v) is 9.33. The molecule has 0 radical (unpaired) electrons. The summed E-state index contributed by atoms with van der Waals surface area (Å²) in [6.45, 7) is 0.372. The van der Waals surface area contributed by atoms with E-state index in [1.165, 1.54) is 16.9 Å². The summed E-state index contributed by atoms with van der Waals surface area (Å²) < 4.78 is 23.1. The molecule has 0 amide bonds. The second-order valence-corrected chi connectivity index (χ2v) is 5.71. The van der Waals surface area contributed by atoms with Crippen LogP contribution in [0.3, 0.4) is 0 Å². The zero-order chi connectivity index (χ0) is 11.5. The van der Waals surface area contributed by atoms with Gasteiger partial charge in [-0.2, -0.15) is 0 Å². The van der Waals surface area contributed by atoms with Crippen LogP contribution >= 0.6 is 0 Å². The third kappa shape index (κ3) is 3.75. The van der Waals surface area contributed by atoms with Crippen LogP contribution in [-0.4, -0.2) is 25.0 Å². The van der Waals surface area contributed by atoms with Crippen LogP contribution in [0.2, 0.25) is 0 Å². The molecule has 0 unspecified atom stereocenters. The summed E-state index contributed by atoms with van der Waals surface area (Å²) in [4.78, 5) is 11.4. The van der Waals surface area contributed by atoms with E-state index in [1.807, 2.05) is 0 Å². The van der Waals surface area contributed by atoms with Crippen molar-refractivity contribution >= 4 is 15.5 Å². The Morgan fingerprint density at radius 1 is 1.47 bits per heavy atom. The summed E-state index contributed by atoms with van der Waals surface area (Å²) in [7, 11) is -2.96. The highest BCUT2D eigenvalue weighted by atomic mass is 32.2. The van der Waals surface area contributed by atoms with E-state index in [1.54, 1.807) is 12.3 Å². The van der Waals surface area contributed by atoms with Crippen LogP contribution in [0.5, 0.6) is 0 Å². The zero-order valence-electron chi connectivity index (χ0n) is 8.51. The van der Waals surface area contributed by atoms with Crippen LogP contribution in [0, 0.1) is 0 Å². The SMILES string of the molecule is CS(=O)(=O)CCCn1cccc(N)c1=O.